The number of fused-ring (bicyclic) bond motifs is 6. The predicted octanol–water partition coefficient (Wildman–Crippen LogP) is 14.4. The first-order chi connectivity index (χ1) is 25.3. The quantitative estimate of drug-likeness (QED) is 0.175. The summed E-state index contributed by atoms with van der Waals surface area (Å²) in [5.41, 5.74) is 11.9. The van der Waals surface area contributed by atoms with Crippen molar-refractivity contribution in [1.29, 1.82) is 0 Å². The van der Waals surface area contributed by atoms with Gasteiger partial charge in [0.15, 0.2) is 5.58 Å². The van der Waals surface area contributed by atoms with Gasteiger partial charge in [-0.15, -0.1) is 11.3 Å². The first kappa shape index (κ1) is 29.5. The highest BCUT2D eigenvalue weighted by Crippen LogP contribution is 2.52. The third kappa shape index (κ3) is 5.01. The van der Waals surface area contributed by atoms with E-state index in [4.69, 9.17) is 4.42 Å². The van der Waals surface area contributed by atoms with E-state index in [0.29, 0.717) is 0 Å². The van der Waals surface area contributed by atoms with Gasteiger partial charge in [-0.05, 0) is 64.2 Å². The highest BCUT2D eigenvalue weighted by atomic mass is 32.1. The molecule has 3 heteroatoms. The maximum Gasteiger partial charge on any atom is 0.159 e. The lowest BCUT2D eigenvalue weighted by Gasteiger charge is -2.29. The molecule has 8 aromatic carbocycles. The second-order valence-electron chi connectivity index (χ2n) is 12.9. The molecule has 0 atom stereocenters. The highest BCUT2D eigenvalue weighted by Gasteiger charge is 2.26. The molecule has 2 aromatic heterocycles. The molecule has 2 heterocycles. The number of furan rings is 1. The first-order valence-electron chi connectivity index (χ1n) is 17.3. The third-order valence-corrected chi connectivity index (χ3v) is 11.0. The summed E-state index contributed by atoms with van der Waals surface area (Å²) in [4.78, 5) is 2.46. The van der Waals surface area contributed by atoms with Gasteiger partial charge in [0.1, 0.15) is 5.58 Å². The minimum atomic E-state index is 0.863. The van der Waals surface area contributed by atoms with E-state index in [1.165, 1.54) is 31.3 Å². The van der Waals surface area contributed by atoms with Crippen LogP contribution in [0, 0.1) is 0 Å². The van der Waals surface area contributed by atoms with Crippen molar-refractivity contribution in [2.45, 2.75) is 0 Å². The van der Waals surface area contributed by atoms with Crippen LogP contribution in [-0.4, -0.2) is 0 Å². The molecule has 0 N–H and O–H groups in total. The van der Waals surface area contributed by atoms with Gasteiger partial charge in [0.05, 0.1) is 16.1 Å². The molecule has 51 heavy (non-hydrogen) atoms. The second kappa shape index (κ2) is 12.2. The Morgan fingerprint density at radius 1 is 0.412 bits per heavy atom. The number of rotatable bonds is 6. The van der Waals surface area contributed by atoms with E-state index in [9.17, 15) is 0 Å². The van der Waals surface area contributed by atoms with Crippen molar-refractivity contribution in [2.24, 2.45) is 0 Å². The Labute approximate surface area is 300 Å². The number of thiophene rings is 1. The van der Waals surface area contributed by atoms with Crippen molar-refractivity contribution in [3.8, 4) is 33.4 Å². The smallest absolute Gasteiger partial charge is 0.159 e. The van der Waals surface area contributed by atoms with Crippen LogP contribution in [0.15, 0.2) is 192 Å². The zero-order valence-corrected chi connectivity index (χ0v) is 28.5. The number of hydrogen-bond acceptors (Lipinski definition) is 3. The van der Waals surface area contributed by atoms with Gasteiger partial charge in [0.2, 0.25) is 0 Å². The van der Waals surface area contributed by atoms with Gasteiger partial charge in [-0.1, -0.05) is 152 Å². The van der Waals surface area contributed by atoms with Gasteiger partial charge in [-0.2, -0.15) is 0 Å². The van der Waals surface area contributed by atoms with Crippen molar-refractivity contribution in [1.82, 2.24) is 0 Å². The molecule has 0 saturated carbocycles. The molecule has 0 radical (unpaired) electrons. The standard InChI is InChI=1S/C48H31NOS/c1-4-15-32(16-5-1)35-29-36(33-17-6-2-7-18-33)31-37(30-35)49(43-24-14-23-41-39-21-10-12-25-44(39)50-47(41)43)46-38(34-19-8-3-9-20-34)27-28-42-40-22-11-13-26-45(40)51-48(42)46/h1-31H. The number of benzene rings is 8. The van der Waals surface area contributed by atoms with Gasteiger partial charge < -0.3 is 9.32 Å². The summed E-state index contributed by atoms with van der Waals surface area (Å²) in [6.07, 6.45) is 0. The lowest BCUT2D eigenvalue weighted by atomic mass is 9.95. The monoisotopic (exact) mass is 669 g/mol. The summed E-state index contributed by atoms with van der Waals surface area (Å²) in [6.45, 7) is 0. The Morgan fingerprint density at radius 3 is 1.71 bits per heavy atom. The molecule has 240 valence electrons. The maximum absolute atomic E-state index is 6.82. The number of nitrogens with zero attached hydrogens (tertiary/aromatic N) is 1. The van der Waals surface area contributed by atoms with Crippen LogP contribution in [0.1, 0.15) is 0 Å². The van der Waals surface area contributed by atoms with Crippen molar-refractivity contribution >= 4 is 70.5 Å². The Hall–Kier alpha value is -6.42. The topological polar surface area (TPSA) is 16.4 Å². The van der Waals surface area contributed by atoms with Crippen LogP contribution in [0.3, 0.4) is 0 Å². The van der Waals surface area contributed by atoms with Crippen molar-refractivity contribution in [3.63, 3.8) is 0 Å². The van der Waals surface area contributed by atoms with Crippen LogP contribution in [0.5, 0.6) is 0 Å². The predicted molar refractivity (Wildman–Crippen MR) is 218 cm³/mol. The van der Waals surface area contributed by atoms with Crippen molar-refractivity contribution in [2.75, 3.05) is 4.90 Å². The molecule has 0 fully saturated rings. The molecule has 0 unspecified atom stereocenters. The number of para-hydroxylation sites is 2. The van der Waals surface area contributed by atoms with E-state index >= 15 is 0 Å². The molecule has 10 rings (SSSR count). The summed E-state index contributed by atoms with van der Waals surface area (Å²) in [5.74, 6) is 0. The zero-order valence-electron chi connectivity index (χ0n) is 27.7. The first-order valence-corrected chi connectivity index (χ1v) is 18.1. The fourth-order valence-electron chi connectivity index (χ4n) is 7.48. The summed E-state index contributed by atoms with van der Waals surface area (Å²) in [6, 6.07) is 67.4. The van der Waals surface area contributed by atoms with E-state index in [0.717, 1.165) is 61.3 Å². The van der Waals surface area contributed by atoms with Crippen LogP contribution in [0.25, 0.3) is 75.5 Å². The van der Waals surface area contributed by atoms with Gasteiger partial charge in [-0.25, -0.2) is 0 Å². The molecule has 0 saturated heterocycles. The minimum Gasteiger partial charge on any atom is -0.454 e. The average Bonchev–Trinajstić information content (AvgIpc) is 3.78. The van der Waals surface area contributed by atoms with E-state index in [1.54, 1.807) is 0 Å². The lowest BCUT2D eigenvalue weighted by Crippen LogP contribution is -2.12. The molecule has 0 amide bonds. The molecule has 10 aromatic rings. The van der Waals surface area contributed by atoms with E-state index in [2.05, 4.69) is 187 Å². The third-order valence-electron chi connectivity index (χ3n) is 9.84. The molecule has 0 bridgehead atoms. The van der Waals surface area contributed by atoms with Gasteiger partial charge in [0.25, 0.3) is 0 Å². The summed E-state index contributed by atoms with van der Waals surface area (Å²) >= 11 is 1.85. The Kier molecular flexibility index (Phi) is 7.04. The fraction of sp³-hybridized carbons (Fsp3) is 0. The zero-order chi connectivity index (χ0) is 33.7. The molecular weight excluding hydrogens is 639 g/mol. The minimum absolute atomic E-state index is 0.863. The molecule has 0 aliphatic rings. The Morgan fingerprint density at radius 2 is 1.00 bits per heavy atom. The van der Waals surface area contributed by atoms with Crippen LogP contribution in [-0.2, 0) is 0 Å². The van der Waals surface area contributed by atoms with Crippen molar-refractivity contribution in [3.05, 3.63) is 188 Å². The normalized spacial score (nSPS) is 11.5. The summed E-state index contributed by atoms with van der Waals surface area (Å²) < 4.78 is 9.32. The number of anilines is 3. The fourth-order valence-corrected chi connectivity index (χ4v) is 8.72. The van der Waals surface area contributed by atoms with Crippen LogP contribution < -0.4 is 4.90 Å². The Bertz CT molecular complexity index is 2790. The molecule has 2 nitrogen and oxygen atoms in total. The van der Waals surface area contributed by atoms with Crippen LogP contribution in [0.2, 0.25) is 0 Å². The number of hydrogen-bond donors (Lipinski definition) is 0. The van der Waals surface area contributed by atoms with Gasteiger partial charge >= 0.3 is 0 Å². The maximum atomic E-state index is 6.82. The second-order valence-corrected chi connectivity index (χ2v) is 13.9. The van der Waals surface area contributed by atoms with E-state index in [-0.39, 0.29) is 0 Å². The molecular formula is C48H31NOS. The largest absolute Gasteiger partial charge is 0.454 e. The van der Waals surface area contributed by atoms with E-state index in [1.807, 2.05) is 17.4 Å². The molecule has 0 spiro atoms. The lowest BCUT2D eigenvalue weighted by molar-refractivity contribution is 0.669. The SMILES string of the molecule is c1ccc(-c2cc(-c3ccccc3)cc(N(c3cccc4c3oc3ccccc34)c3c(-c4ccccc4)ccc4c3sc3ccccc34)c2)cc1. The van der Waals surface area contributed by atoms with Crippen LogP contribution in [0.4, 0.5) is 17.1 Å². The Balaban J connectivity index is 1.37. The summed E-state index contributed by atoms with van der Waals surface area (Å²) in [5, 5.41) is 4.72. The van der Waals surface area contributed by atoms with Crippen LogP contribution >= 0.6 is 11.3 Å². The molecule has 0 aliphatic carbocycles. The average molecular weight is 670 g/mol. The van der Waals surface area contributed by atoms with Gasteiger partial charge in [0, 0.05) is 37.5 Å². The highest BCUT2D eigenvalue weighted by molar-refractivity contribution is 7.26. The summed E-state index contributed by atoms with van der Waals surface area (Å²) in [7, 11) is 0. The molecule has 0 aliphatic heterocycles. The van der Waals surface area contributed by atoms with Gasteiger partial charge in [-0.3, -0.25) is 0 Å². The van der Waals surface area contributed by atoms with E-state index < -0.39 is 0 Å². The van der Waals surface area contributed by atoms with Crippen molar-refractivity contribution < 1.29 is 4.42 Å².